The molecule has 1 unspecified atom stereocenters. The van der Waals surface area contributed by atoms with Crippen LogP contribution in [0.25, 0.3) is 0 Å². The molecule has 0 bridgehead atoms. The topological polar surface area (TPSA) is 63.4 Å². The van der Waals surface area contributed by atoms with Crippen molar-refractivity contribution in [2.75, 3.05) is 25.6 Å². The molecule has 0 radical (unpaired) electrons. The van der Waals surface area contributed by atoms with E-state index < -0.39 is 10.0 Å². The summed E-state index contributed by atoms with van der Waals surface area (Å²) in [4.78, 5) is 0.294. The molecule has 1 aromatic carbocycles. The van der Waals surface area contributed by atoms with Crippen molar-refractivity contribution in [2.45, 2.75) is 24.3 Å². The number of hydrogen-bond acceptors (Lipinski definition) is 4. The van der Waals surface area contributed by atoms with Crippen LogP contribution in [0.5, 0.6) is 0 Å². The van der Waals surface area contributed by atoms with Gasteiger partial charge in [0.05, 0.1) is 11.4 Å². The van der Waals surface area contributed by atoms with E-state index in [1.165, 1.54) is 4.31 Å². The monoisotopic (exact) mass is 326 g/mol. The first-order valence-corrected chi connectivity index (χ1v) is 9.56. The molecule has 21 heavy (non-hydrogen) atoms. The van der Waals surface area contributed by atoms with Gasteiger partial charge in [-0.05, 0) is 36.9 Å². The van der Waals surface area contributed by atoms with Crippen LogP contribution < -0.4 is 5.73 Å². The zero-order chi connectivity index (χ0) is 15.9. The van der Waals surface area contributed by atoms with Crippen molar-refractivity contribution in [1.82, 2.24) is 4.31 Å². The lowest BCUT2D eigenvalue weighted by Crippen LogP contribution is -2.38. The summed E-state index contributed by atoms with van der Waals surface area (Å²) in [5, 5.41) is 0. The maximum Gasteiger partial charge on any atom is 0.243 e. The molecule has 1 atom stereocenters. The van der Waals surface area contributed by atoms with E-state index in [-0.39, 0.29) is 12.6 Å². The fourth-order valence-electron chi connectivity index (χ4n) is 1.90. The van der Waals surface area contributed by atoms with E-state index in [0.29, 0.717) is 4.90 Å². The first-order valence-electron chi connectivity index (χ1n) is 6.73. The van der Waals surface area contributed by atoms with Gasteiger partial charge in [0.15, 0.2) is 0 Å². The Morgan fingerprint density at radius 1 is 1.33 bits per heavy atom. The highest BCUT2D eigenvalue weighted by atomic mass is 32.2. The molecule has 0 amide bonds. The molecule has 6 heteroatoms. The van der Waals surface area contributed by atoms with E-state index in [1.54, 1.807) is 43.1 Å². The number of sulfonamides is 1. The predicted molar refractivity (Wildman–Crippen MR) is 89.8 cm³/mol. The normalized spacial score (nSPS) is 12.8. The molecule has 116 valence electrons. The number of nitrogens with two attached hydrogens (primary N) is 1. The number of rotatable bonds is 6. The van der Waals surface area contributed by atoms with Crippen LogP contribution in [0.4, 0.5) is 0 Å². The summed E-state index contributed by atoms with van der Waals surface area (Å²) in [6.45, 7) is 2.29. The van der Waals surface area contributed by atoms with Crippen LogP contribution in [-0.4, -0.2) is 44.4 Å². The largest absolute Gasteiger partial charge is 0.320 e. The Hall–Kier alpha value is -1.00. The highest BCUT2D eigenvalue weighted by Gasteiger charge is 2.26. The highest BCUT2D eigenvalue weighted by Crippen LogP contribution is 2.20. The smallest absolute Gasteiger partial charge is 0.243 e. The Kier molecular flexibility index (Phi) is 7.26. The van der Waals surface area contributed by atoms with Gasteiger partial charge in [-0.2, -0.15) is 16.1 Å². The molecular weight excluding hydrogens is 304 g/mol. The molecule has 0 aromatic heterocycles. The SMILES string of the molecule is CCC(CSC)N(C)S(=O)(=O)c1ccc(C#CCN)cc1. The minimum absolute atomic E-state index is 0.00158. The van der Waals surface area contributed by atoms with Crippen LogP contribution in [0.3, 0.4) is 0 Å². The summed E-state index contributed by atoms with van der Waals surface area (Å²) in [6, 6.07) is 6.61. The van der Waals surface area contributed by atoms with Crippen molar-refractivity contribution in [2.24, 2.45) is 5.73 Å². The van der Waals surface area contributed by atoms with Gasteiger partial charge in [-0.25, -0.2) is 8.42 Å². The first kappa shape index (κ1) is 18.1. The molecule has 0 saturated heterocycles. The van der Waals surface area contributed by atoms with Crippen LogP contribution in [0.1, 0.15) is 18.9 Å². The summed E-state index contributed by atoms with van der Waals surface area (Å²) in [7, 11) is -1.82. The summed E-state index contributed by atoms with van der Waals surface area (Å²) in [5.41, 5.74) is 6.08. The maximum absolute atomic E-state index is 12.6. The maximum atomic E-state index is 12.6. The van der Waals surface area contributed by atoms with E-state index in [0.717, 1.165) is 17.7 Å². The van der Waals surface area contributed by atoms with Crippen LogP contribution >= 0.6 is 11.8 Å². The molecule has 0 saturated carbocycles. The van der Waals surface area contributed by atoms with Crippen LogP contribution in [0, 0.1) is 11.8 Å². The van der Waals surface area contributed by atoms with E-state index in [2.05, 4.69) is 11.8 Å². The Balaban J connectivity index is 3.01. The second-order valence-corrected chi connectivity index (χ2v) is 7.48. The Morgan fingerprint density at radius 3 is 2.43 bits per heavy atom. The number of hydrogen-bond donors (Lipinski definition) is 1. The second-order valence-electron chi connectivity index (χ2n) is 4.57. The molecule has 0 aliphatic carbocycles. The zero-order valence-electron chi connectivity index (χ0n) is 12.7. The lowest BCUT2D eigenvalue weighted by Gasteiger charge is -2.26. The minimum Gasteiger partial charge on any atom is -0.320 e. The molecule has 0 aliphatic heterocycles. The summed E-state index contributed by atoms with van der Waals surface area (Å²) in [6.07, 6.45) is 2.77. The van der Waals surface area contributed by atoms with Crippen molar-refractivity contribution < 1.29 is 8.42 Å². The average molecular weight is 326 g/mol. The lowest BCUT2D eigenvalue weighted by molar-refractivity contribution is 0.385. The quantitative estimate of drug-likeness (QED) is 0.809. The number of nitrogens with zero attached hydrogens (tertiary/aromatic N) is 1. The van der Waals surface area contributed by atoms with Gasteiger partial charge >= 0.3 is 0 Å². The van der Waals surface area contributed by atoms with Crippen molar-refractivity contribution in [3.63, 3.8) is 0 Å². The summed E-state index contributed by atoms with van der Waals surface area (Å²) >= 11 is 1.65. The van der Waals surface area contributed by atoms with Gasteiger partial charge in [0.1, 0.15) is 0 Å². The van der Waals surface area contributed by atoms with Gasteiger partial charge in [0, 0.05) is 24.4 Å². The minimum atomic E-state index is -3.46. The Labute approximate surface area is 132 Å². The third-order valence-electron chi connectivity index (χ3n) is 3.21. The van der Waals surface area contributed by atoms with E-state index >= 15 is 0 Å². The van der Waals surface area contributed by atoms with Gasteiger partial charge in [-0.3, -0.25) is 0 Å². The Morgan fingerprint density at radius 2 is 1.95 bits per heavy atom. The van der Waals surface area contributed by atoms with Crippen molar-refractivity contribution in [3.8, 4) is 11.8 Å². The molecule has 0 aliphatic rings. The van der Waals surface area contributed by atoms with Crippen LogP contribution in [0.2, 0.25) is 0 Å². The van der Waals surface area contributed by atoms with E-state index in [4.69, 9.17) is 5.73 Å². The van der Waals surface area contributed by atoms with Crippen molar-refractivity contribution in [1.29, 1.82) is 0 Å². The molecular formula is C15H22N2O2S2. The van der Waals surface area contributed by atoms with E-state index in [1.807, 2.05) is 13.2 Å². The molecule has 0 heterocycles. The number of benzene rings is 1. The molecule has 0 spiro atoms. The van der Waals surface area contributed by atoms with Gasteiger partial charge in [0.25, 0.3) is 0 Å². The van der Waals surface area contributed by atoms with Crippen LogP contribution in [0.15, 0.2) is 29.2 Å². The fourth-order valence-corrected chi connectivity index (χ4v) is 4.27. The molecule has 2 N–H and O–H groups in total. The van der Waals surface area contributed by atoms with Gasteiger partial charge < -0.3 is 5.73 Å². The third kappa shape index (κ3) is 4.75. The molecule has 1 rings (SSSR count). The Bertz CT molecular complexity index is 601. The van der Waals surface area contributed by atoms with Gasteiger partial charge in [0.2, 0.25) is 10.0 Å². The fraction of sp³-hybridized carbons (Fsp3) is 0.467. The van der Waals surface area contributed by atoms with Crippen LogP contribution in [-0.2, 0) is 10.0 Å². The second kappa shape index (κ2) is 8.44. The summed E-state index contributed by atoms with van der Waals surface area (Å²) < 4.78 is 26.6. The van der Waals surface area contributed by atoms with Crippen molar-refractivity contribution >= 4 is 21.8 Å². The molecule has 0 fully saturated rings. The summed E-state index contributed by atoms with van der Waals surface area (Å²) in [5.74, 6) is 6.41. The lowest BCUT2D eigenvalue weighted by atomic mass is 10.2. The molecule has 1 aromatic rings. The van der Waals surface area contributed by atoms with E-state index in [9.17, 15) is 8.42 Å². The van der Waals surface area contributed by atoms with Gasteiger partial charge in [-0.1, -0.05) is 18.8 Å². The van der Waals surface area contributed by atoms with Crippen molar-refractivity contribution in [3.05, 3.63) is 29.8 Å². The third-order valence-corrected chi connectivity index (χ3v) is 5.85. The predicted octanol–water partition coefficient (Wildman–Crippen LogP) is 1.76. The number of thioether (sulfide) groups is 1. The van der Waals surface area contributed by atoms with Gasteiger partial charge in [-0.15, -0.1) is 0 Å². The first-order chi connectivity index (χ1) is 9.97. The standard InChI is InChI=1S/C15H22N2O2S2/c1-4-14(12-20-3)17(2)21(18,19)15-9-7-13(8-10-15)6-5-11-16/h7-10,14H,4,11-12,16H2,1-3H3. The average Bonchev–Trinajstić information content (AvgIpc) is 2.50. The molecule has 4 nitrogen and oxygen atoms in total. The zero-order valence-corrected chi connectivity index (χ0v) is 14.3. The highest BCUT2D eigenvalue weighted by molar-refractivity contribution is 7.98.